The molecule has 0 amide bonds. The van der Waals surface area contributed by atoms with Gasteiger partial charge in [-0.2, -0.15) is 0 Å². The fourth-order valence-electron chi connectivity index (χ4n) is 1.74. The highest BCUT2D eigenvalue weighted by molar-refractivity contribution is 7.80. The minimum Gasteiger partial charge on any atom is -0.389 e. The summed E-state index contributed by atoms with van der Waals surface area (Å²) in [7, 11) is 0. The molecule has 0 spiro atoms. The highest BCUT2D eigenvalue weighted by Gasteiger charge is 2.31. The lowest BCUT2D eigenvalue weighted by Crippen LogP contribution is -2.11. The lowest BCUT2D eigenvalue weighted by atomic mass is 10.2. The third kappa shape index (κ3) is 2.50. The van der Waals surface area contributed by atoms with Gasteiger partial charge in [0.05, 0.1) is 5.69 Å². The van der Waals surface area contributed by atoms with Crippen molar-refractivity contribution in [2.24, 2.45) is 17.6 Å². The first-order valence-electron chi connectivity index (χ1n) is 5.41. The van der Waals surface area contributed by atoms with Crippen LogP contribution in [-0.4, -0.2) is 11.5 Å². The highest BCUT2D eigenvalue weighted by atomic mass is 32.1. The second-order valence-electron chi connectivity index (χ2n) is 4.41. The molecule has 1 aliphatic rings. The summed E-state index contributed by atoms with van der Waals surface area (Å²) < 4.78 is 13.6. The van der Waals surface area contributed by atoms with E-state index in [0.29, 0.717) is 17.2 Å². The summed E-state index contributed by atoms with van der Waals surface area (Å²) in [6.45, 7) is 3.04. The fourth-order valence-corrected chi connectivity index (χ4v) is 1.86. The van der Waals surface area contributed by atoms with E-state index in [-0.39, 0.29) is 10.8 Å². The Balaban J connectivity index is 2.01. The standard InChI is InChI=1S/C12H15FN2S/c1-7-4-9(7)6-15-11-3-2-8(12(14)16)5-10(11)13/h2-3,5,7,9,15H,4,6H2,1H3,(H2,14,16). The molecule has 16 heavy (non-hydrogen) atoms. The minimum absolute atomic E-state index is 0.223. The van der Waals surface area contributed by atoms with E-state index in [1.807, 2.05) is 0 Å². The predicted molar refractivity (Wildman–Crippen MR) is 68.0 cm³/mol. The number of hydrogen-bond donors (Lipinski definition) is 2. The maximum Gasteiger partial charge on any atom is 0.146 e. The van der Waals surface area contributed by atoms with Crippen LogP contribution in [0.25, 0.3) is 0 Å². The summed E-state index contributed by atoms with van der Waals surface area (Å²) in [5.74, 6) is 1.17. The molecule has 0 bridgehead atoms. The Hall–Kier alpha value is -1.16. The number of rotatable bonds is 4. The molecule has 2 nitrogen and oxygen atoms in total. The van der Waals surface area contributed by atoms with Crippen molar-refractivity contribution in [2.45, 2.75) is 13.3 Å². The van der Waals surface area contributed by atoms with E-state index in [1.54, 1.807) is 12.1 Å². The van der Waals surface area contributed by atoms with Crippen LogP contribution in [0.3, 0.4) is 0 Å². The Morgan fingerprint density at radius 1 is 1.62 bits per heavy atom. The van der Waals surface area contributed by atoms with E-state index >= 15 is 0 Å². The van der Waals surface area contributed by atoms with Crippen LogP contribution in [0.1, 0.15) is 18.9 Å². The van der Waals surface area contributed by atoms with E-state index in [4.69, 9.17) is 18.0 Å². The number of anilines is 1. The van der Waals surface area contributed by atoms with Gasteiger partial charge in [-0.25, -0.2) is 4.39 Å². The van der Waals surface area contributed by atoms with Crippen molar-refractivity contribution in [3.63, 3.8) is 0 Å². The van der Waals surface area contributed by atoms with Crippen molar-refractivity contribution < 1.29 is 4.39 Å². The Kier molecular flexibility index (Phi) is 3.10. The maximum atomic E-state index is 13.6. The third-order valence-corrected chi connectivity index (χ3v) is 3.32. The molecular weight excluding hydrogens is 223 g/mol. The molecule has 1 saturated carbocycles. The SMILES string of the molecule is CC1CC1CNc1ccc(C(N)=S)cc1F. The van der Waals surface area contributed by atoms with Gasteiger partial charge in [-0.05, 0) is 36.5 Å². The normalized spacial score (nSPS) is 22.9. The second kappa shape index (κ2) is 4.37. The molecule has 86 valence electrons. The van der Waals surface area contributed by atoms with Crippen LogP contribution in [0.4, 0.5) is 10.1 Å². The van der Waals surface area contributed by atoms with Crippen LogP contribution in [-0.2, 0) is 0 Å². The lowest BCUT2D eigenvalue weighted by molar-refractivity contribution is 0.628. The highest BCUT2D eigenvalue weighted by Crippen LogP contribution is 2.37. The van der Waals surface area contributed by atoms with Crippen molar-refractivity contribution in [1.82, 2.24) is 0 Å². The van der Waals surface area contributed by atoms with Crippen LogP contribution in [0.15, 0.2) is 18.2 Å². The van der Waals surface area contributed by atoms with Gasteiger partial charge in [0.1, 0.15) is 10.8 Å². The van der Waals surface area contributed by atoms with Gasteiger partial charge >= 0.3 is 0 Å². The zero-order chi connectivity index (χ0) is 11.7. The topological polar surface area (TPSA) is 38.0 Å². The number of nitrogens with two attached hydrogens (primary N) is 1. The second-order valence-corrected chi connectivity index (χ2v) is 4.85. The van der Waals surface area contributed by atoms with Gasteiger partial charge in [-0.15, -0.1) is 0 Å². The van der Waals surface area contributed by atoms with Crippen molar-refractivity contribution >= 4 is 22.9 Å². The fraction of sp³-hybridized carbons (Fsp3) is 0.417. The summed E-state index contributed by atoms with van der Waals surface area (Å²) in [6.07, 6.45) is 1.24. The first-order chi connectivity index (χ1) is 7.58. The van der Waals surface area contributed by atoms with Crippen LogP contribution in [0.5, 0.6) is 0 Å². The van der Waals surface area contributed by atoms with Crippen molar-refractivity contribution in [1.29, 1.82) is 0 Å². The molecule has 2 rings (SSSR count). The number of hydrogen-bond acceptors (Lipinski definition) is 2. The zero-order valence-corrected chi connectivity index (χ0v) is 9.98. The summed E-state index contributed by atoms with van der Waals surface area (Å²) in [5.41, 5.74) is 6.52. The molecule has 1 fully saturated rings. The van der Waals surface area contributed by atoms with Gasteiger partial charge < -0.3 is 11.1 Å². The molecule has 2 atom stereocenters. The molecule has 1 aromatic rings. The summed E-state index contributed by atoms with van der Waals surface area (Å²) in [6, 6.07) is 4.81. The smallest absolute Gasteiger partial charge is 0.146 e. The molecule has 3 N–H and O–H groups in total. The number of thiocarbonyl (C=S) groups is 1. The van der Waals surface area contributed by atoms with E-state index < -0.39 is 0 Å². The first kappa shape index (κ1) is 11.3. The van der Waals surface area contributed by atoms with E-state index in [2.05, 4.69) is 12.2 Å². The lowest BCUT2D eigenvalue weighted by Gasteiger charge is -2.08. The first-order valence-corrected chi connectivity index (χ1v) is 5.82. The largest absolute Gasteiger partial charge is 0.389 e. The van der Waals surface area contributed by atoms with Gasteiger partial charge in [0.25, 0.3) is 0 Å². The molecule has 1 aromatic carbocycles. The molecular formula is C12H15FN2S. The molecule has 0 radical (unpaired) electrons. The van der Waals surface area contributed by atoms with Crippen LogP contribution in [0, 0.1) is 17.7 Å². The van der Waals surface area contributed by atoms with E-state index in [0.717, 1.165) is 12.5 Å². The Morgan fingerprint density at radius 2 is 2.31 bits per heavy atom. The van der Waals surface area contributed by atoms with Crippen molar-refractivity contribution in [2.75, 3.05) is 11.9 Å². The van der Waals surface area contributed by atoms with Crippen LogP contribution < -0.4 is 11.1 Å². The van der Waals surface area contributed by atoms with Crippen molar-refractivity contribution in [3.05, 3.63) is 29.6 Å². The van der Waals surface area contributed by atoms with Gasteiger partial charge in [-0.1, -0.05) is 19.1 Å². The quantitative estimate of drug-likeness (QED) is 0.792. The molecule has 2 unspecified atom stereocenters. The molecule has 0 aromatic heterocycles. The van der Waals surface area contributed by atoms with Crippen LogP contribution in [0.2, 0.25) is 0 Å². The molecule has 4 heteroatoms. The van der Waals surface area contributed by atoms with E-state index in [9.17, 15) is 4.39 Å². The number of nitrogens with one attached hydrogen (secondary N) is 1. The Labute approximate surface area is 100 Å². The maximum absolute atomic E-state index is 13.6. The average molecular weight is 238 g/mol. The Morgan fingerprint density at radius 3 is 2.81 bits per heavy atom. The monoisotopic (exact) mass is 238 g/mol. The molecule has 0 heterocycles. The molecule has 1 aliphatic carbocycles. The van der Waals surface area contributed by atoms with Gasteiger partial charge in [-0.3, -0.25) is 0 Å². The predicted octanol–water partition coefficient (Wildman–Crippen LogP) is 2.53. The number of halogens is 1. The Bertz CT molecular complexity index is 419. The van der Waals surface area contributed by atoms with Gasteiger partial charge in [0.2, 0.25) is 0 Å². The zero-order valence-electron chi connectivity index (χ0n) is 9.16. The summed E-state index contributed by atoms with van der Waals surface area (Å²) in [5, 5.41) is 3.11. The van der Waals surface area contributed by atoms with Crippen molar-refractivity contribution in [3.8, 4) is 0 Å². The van der Waals surface area contributed by atoms with E-state index in [1.165, 1.54) is 12.5 Å². The van der Waals surface area contributed by atoms with Gasteiger partial charge in [0, 0.05) is 12.1 Å². The molecule has 0 saturated heterocycles. The summed E-state index contributed by atoms with van der Waals surface area (Å²) >= 11 is 4.79. The molecule has 0 aliphatic heterocycles. The number of benzene rings is 1. The van der Waals surface area contributed by atoms with Gasteiger partial charge in [0.15, 0.2) is 0 Å². The minimum atomic E-state index is -0.293. The third-order valence-electron chi connectivity index (χ3n) is 3.08. The summed E-state index contributed by atoms with van der Waals surface area (Å²) in [4.78, 5) is 0.223. The average Bonchev–Trinajstić information content (AvgIpc) is 2.92. The van der Waals surface area contributed by atoms with Crippen LogP contribution >= 0.6 is 12.2 Å².